The zero-order valence-electron chi connectivity index (χ0n) is 10.5. The van der Waals surface area contributed by atoms with E-state index in [1.54, 1.807) is 14.2 Å². The molecule has 0 bridgehead atoms. The Kier molecular flexibility index (Phi) is 6.23. The SMILES string of the molecule is CCNCC(O)CN1CC(OC)C(OC)C1. The average Bonchev–Trinajstić information content (AvgIpc) is 2.68. The first-order valence-electron chi connectivity index (χ1n) is 5.88. The molecule has 1 aliphatic rings. The summed E-state index contributed by atoms with van der Waals surface area (Å²) in [6.07, 6.45) is -0.0827. The van der Waals surface area contributed by atoms with Crippen molar-refractivity contribution in [2.75, 3.05) is 46.9 Å². The van der Waals surface area contributed by atoms with Gasteiger partial charge in [-0.2, -0.15) is 0 Å². The molecule has 3 unspecified atom stereocenters. The van der Waals surface area contributed by atoms with Crippen molar-refractivity contribution < 1.29 is 14.6 Å². The van der Waals surface area contributed by atoms with Crippen molar-refractivity contribution in [3.63, 3.8) is 0 Å². The van der Waals surface area contributed by atoms with Gasteiger partial charge in [0.05, 0.1) is 18.3 Å². The predicted octanol–water partition coefficient (Wildman–Crippen LogP) is -0.698. The van der Waals surface area contributed by atoms with Crippen molar-refractivity contribution in [2.45, 2.75) is 25.2 Å². The first-order valence-corrected chi connectivity index (χ1v) is 5.88. The van der Waals surface area contributed by atoms with Crippen molar-refractivity contribution in [1.82, 2.24) is 10.2 Å². The van der Waals surface area contributed by atoms with Gasteiger partial charge < -0.3 is 19.9 Å². The Morgan fingerprint density at radius 1 is 1.31 bits per heavy atom. The summed E-state index contributed by atoms with van der Waals surface area (Å²) < 4.78 is 10.7. The third kappa shape index (κ3) is 3.99. The Morgan fingerprint density at radius 2 is 1.88 bits per heavy atom. The third-order valence-electron chi connectivity index (χ3n) is 3.00. The molecule has 2 N–H and O–H groups in total. The van der Waals surface area contributed by atoms with Crippen LogP contribution in [0.3, 0.4) is 0 Å². The first kappa shape index (κ1) is 13.9. The second-order valence-electron chi connectivity index (χ2n) is 4.23. The van der Waals surface area contributed by atoms with E-state index in [-0.39, 0.29) is 18.3 Å². The number of rotatable bonds is 7. The minimum absolute atomic E-state index is 0.122. The van der Waals surface area contributed by atoms with E-state index in [0.29, 0.717) is 13.1 Å². The van der Waals surface area contributed by atoms with Crippen LogP contribution in [0.25, 0.3) is 0 Å². The molecule has 0 aromatic rings. The number of likely N-dealkylation sites (N-methyl/N-ethyl adjacent to an activating group) is 1. The van der Waals surface area contributed by atoms with Crippen LogP contribution in [0.5, 0.6) is 0 Å². The van der Waals surface area contributed by atoms with Gasteiger partial charge in [-0.1, -0.05) is 6.92 Å². The summed E-state index contributed by atoms with van der Waals surface area (Å²) in [7, 11) is 3.41. The zero-order valence-corrected chi connectivity index (χ0v) is 10.5. The molecule has 0 amide bonds. The van der Waals surface area contributed by atoms with Crippen LogP contribution in [0.1, 0.15) is 6.92 Å². The maximum atomic E-state index is 9.77. The summed E-state index contributed by atoms with van der Waals surface area (Å²) in [5.41, 5.74) is 0. The van der Waals surface area contributed by atoms with Crippen LogP contribution in [0.15, 0.2) is 0 Å². The molecule has 0 aromatic heterocycles. The lowest BCUT2D eigenvalue weighted by atomic mass is 10.3. The molecule has 96 valence electrons. The molecule has 1 fully saturated rings. The Labute approximate surface area is 97.7 Å². The number of aliphatic hydroxyl groups is 1. The summed E-state index contributed by atoms with van der Waals surface area (Å²) >= 11 is 0. The summed E-state index contributed by atoms with van der Waals surface area (Å²) in [5.74, 6) is 0. The van der Waals surface area contributed by atoms with Gasteiger partial charge >= 0.3 is 0 Å². The molecule has 1 rings (SSSR count). The van der Waals surface area contributed by atoms with Gasteiger partial charge in [0, 0.05) is 40.4 Å². The summed E-state index contributed by atoms with van der Waals surface area (Å²) in [5, 5.41) is 12.9. The maximum Gasteiger partial charge on any atom is 0.0971 e. The normalized spacial score (nSPS) is 28.5. The van der Waals surface area contributed by atoms with Crippen LogP contribution >= 0.6 is 0 Å². The molecule has 1 heterocycles. The van der Waals surface area contributed by atoms with E-state index in [9.17, 15) is 5.11 Å². The highest BCUT2D eigenvalue weighted by Gasteiger charge is 2.33. The number of hydrogen-bond acceptors (Lipinski definition) is 5. The quantitative estimate of drug-likeness (QED) is 0.608. The molecule has 1 saturated heterocycles. The van der Waals surface area contributed by atoms with E-state index in [0.717, 1.165) is 19.6 Å². The number of methoxy groups -OCH3 is 2. The van der Waals surface area contributed by atoms with Gasteiger partial charge in [0.1, 0.15) is 0 Å². The van der Waals surface area contributed by atoms with Crippen LogP contribution in [-0.2, 0) is 9.47 Å². The molecule has 5 heteroatoms. The number of β-amino-alcohol motifs (C(OH)–C–C–N with tert-alkyl or cyclic N) is 1. The largest absolute Gasteiger partial charge is 0.390 e. The van der Waals surface area contributed by atoms with E-state index in [1.165, 1.54) is 0 Å². The van der Waals surface area contributed by atoms with Gasteiger partial charge in [-0.05, 0) is 6.54 Å². The number of hydrogen-bond donors (Lipinski definition) is 2. The molecule has 0 aromatic carbocycles. The Hall–Kier alpha value is -0.200. The van der Waals surface area contributed by atoms with Gasteiger partial charge in [-0.25, -0.2) is 0 Å². The molecule has 0 aliphatic carbocycles. The Bertz CT molecular complexity index is 180. The number of ether oxygens (including phenoxy) is 2. The smallest absolute Gasteiger partial charge is 0.0971 e. The third-order valence-corrected chi connectivity index (χ3v) is 3.00. The van der Waals surface area contributed by atoms with Gasteiger partial charge in [0.25, 0.3) is 0 Å². The van der Waals surface area contributed by atoms with Crippen molar-refractivity contribution in [3.8, 4) is 0 Å². The molecular formula is C11H24N2O3. The monoisotopic (exact) mass is 232 g/mol. The van der Waals surface area contributed by atoms with E-state index >= 15 is 0 Å². The molecule has 1 aliphatic heterocycles. The minimum Gasteiger partial charge on any atom is -0.390 e. The lowest BCUT2D eigenvalue weighted by Gasteiger charge is -2.19. The van der Waals surface area contributed by atoms with Crippen molar-refractivity contribution in [3.05, 3.63) is 0 Å². The number of nitrogens with zero attached hydrogens (tertiary/aromatic N) is 1. The highest BCUT2D eigenvalue weighted by atomic mass is 16.5. The second-order valence-corrected chi connectivity index (χ2v) is 4.23. The zero-order chi connectivity index (χ0) is 12.0. The maximum absolute atomic E-state index is 9.77. The highest BCUT2D eigenvalue weighted by Crippen LogP contribution is 2.15. The number of likely N-dealkylation sites (tertiary alicyclic amines) is 1. The molecule has 0 spiro atoms. The molecule has 16 heavy (non-hydrogen) atoms. The first-order chi connectivity index (χ1) is 7.71. The molecular weight excluding hydrogens is 208 g/mol. The van der Waals surface area contributed by atoms with E-state index < -0.39 is 0 Å². The predicted molar refractivity (Wildman–Crippen MR) is 62.6 cm³/mol. The van der Waals surface area contributed by atoms with Crippen LogP contribution in [-0.4, -0.2) is 75.3 Å². The number of nitrogens with one attached hydrogen (secondary N) is 1. The second kappa shape index (κ2) is 7.19. The lowest BCUT2D eigenvalue weighted by molar-refractivity contribution is -0.00461. The summed E-state index contributed by atoms with van der Waals surface area (Å²) in [6.45, 7) is 5.90. The standard InChI is InChI=1S/C11H24N2O3/c1-4-12-5-9(14)6-13-7-10(15-2)11(8-13)16-3/h9-12,14H,4-8H2,1-3H3. The van der Waals surface area contributed by atoms with Crippen LogP contribution < -0.4 is 5.32 Å². The van der Waals surface area contributed by atoms with Crippen molar-refractivity contribution in [1.29, 1.82) is 0 Å². The van der Waals surface area contributed by atoms with Gasteiger partial charge in [-0.15, -0.1) is 0 Å². The average molecular weight is 232 g/mol. The fourth-order valence-corrected chi connectivity index (χ4v) is 2.09. The fraction of sp³-hybridized carbons (Fsp3) is 1.00. The van der Waals surface area contributed by atoms with Crippen LogP contribution in [0.2, 0.25) is 0 Å². The molecule has 5 nitrogen and oxygen atoms in total. The van der Waals surface area contributed by atoms with Gasteiger partial charge in [0.2, 0.25) is 0 Å². The van der Waals surface area contributed by atoms with Crippen LogP contribution in [0, 0.1) is 0 Å². The summed E-state index contributed by atoms with van der Waals surface area (Å²) in [4.78, 5) is 2.18. The fourth-order valence-electron chi connectivity index (χ4n) is 2.09. The van der Waals surface area contributed by atoms with Gasteiger partial charge in [0.15, 0.2) is 0 Å². The van der Waals surface area contributed by atoms with E-state index in [2.05, 4.69) is 10.2 Å². The Morgan fingerprint density at radius 3 is 2.31 bits per heavy atom. The van der Waals surface area contributed by atoms with Crippen LogP contribution in [0.4, 0.5) is 0 Å². The van der Waals surface area contributed by atoms with Crippen molar-refractivity contribution in [2.24, 2.45) is 0 Å². The topological polar surface area (TPSA) is 54.0 Å². The number of aliphatic hydroxyl groups excluding tert-OH is 1. The molecule has 3 atom stereocenters. The van der Waals surface area contributed by atoms with E-state index in [4.69, 9.17) is 9.47 Å². The molecule has 0 radical (unpaired) electrons. The van der Waals surface area contributed by atoms with E-state index in [1.807, 2.05) is 6.92 Å². The minimum atomic E-state index is -0.326. The highest BCUT2D eigenvalue weighted by molar-refractivity contribution is 4.86. The van der Waals surface area contributed by atoms with Gasteiger partial charge in [-0.3, -0.25) is 4.90 Å². The Balaban J connectivity index is 2.28. The lowest BCUT2D eigenvalue weighted by Crippen LogP contribution is -2.37. The molecule has 0 saturated carbocycles. The van der Waals surface area contributed by atoms with Crippen molar-refractivity contribution >= 4 is 0 Å². The summed E-state index contributed by atoms with van der Waals surface area (Å²) in [6, 6.07) is 0.